The van der Waals surface area contributed by atoms with Gasteiger partial charge >= 0.3 is 0 Å². The highest BCUT2D eigenvalue weighted by Gasteiger charge is 2.54. The van der Waals surface area contributed by atoms with Gasteiger partial charge < -0.3 is 0 Å². The first kappa shape index (κ1) is 31.0. The Morgan fingerprint density at radius 3 is 2.54 bits per heavy atom. The summed E-state index contributed by atoms with van der Waals surface area (Å²) in [6.07, 6.45) is 27.8. The van der Waals surface area contributed by atoms with E-state index in [9.17, 15) is 0 Å². The first-order valence-corrected chi connectivity index (χ1v) is 16.9. The standard InChI is InChI=1S/C37H66/c1-9-13-28(5)24-31(10-2)26-32-16-12-17-33-22-23-37(8)35(30(7)15-11-14-27(3)4)20-21-36(37)34(33)19-18-29(6)25-32/h9,18,27-28,30-36H,1,10-17,19-26H2,2-8H3. The van der Waals surface area contributed by atoms with Gasteiger partial charge in [-0.25, -0.2) is 0 Å². The van der Waals surface area contributed by atoms with Gasteiger partial charge in [0.05, 0.1) is 0 Å². The molecule has 0 aromatic rings. The summed E-state index contributed by atoms with van der Waals surface area (Å²) >= 11 is 0. The molecule has 0 aromatic heterocycles. The molecule has 3 aliphatic carbocycles. The van der Waals surface area contributed by atoms with Crippen LogP contribution in [0.3, 0.4) is 0 Å². The van der Waals surface area contributed by atoms with Gasteiger partial charge in [0.2, 0.25) is 0 Å². The molecule has 3 rings (SSSR count). The maximum absolute atomic E-state index is 3.98. The van der Waals surface area contributed by atoms with Crippen LogP contribution >= 0.6 is 0 Å². The maximum atomic E-state index is 3.98. The van der Waals surface area contributed by atoms with E-state index in [-0.39, 0.29) is 0 Å². The maximum Gasteiger partial charge on any atom is -0.0264 e. The molecule has 0 amide bonds. The monoisotopic (exact) mass is 511 g/mol. The van der Waals surface area contributed by atoms with Gasteiger partial charge in [-0.05, 0) is 123 Å². The third-order valence-corrected chi connectivity index (χ3v) is 11.9. The number of fused-ring (bicyclic) bond motifs is 3. The van der Waals surface area contributed by atoms with E-state index in [0.29, 0.717) is 5.41 Å². The van der Waals surface area contributed by atoms with E-state index >= 15 is 0 Å². The molecule has 214 valence electrons. The predicted octanol–water partition coefficient (Wildman–Crippen LogP) is 12.1. The van der Waals surface area contributed by atoms with E-state index in [4.69, 9.17) is 0 Å². The summed E-state index contributed by atoms with van der Waals surface area (Å²) in [5.41, 5.74) is 2.33. The fourth-order valence-electron chi connectivity index (χ4n) is 9.80. The quantitative estimate of drug-likeness (QED) is 0.229. The highest BCUT2D eigenvalue weighted by Crippen LogP contribution is 2.62. The molecule has 0 aromatic carbocycles. The Hall–Kier alpha value is -0.520. The summed E-state index contributed by atoms with van der Waals surface area (Å²) in [6.45, 7) is 21.5. The van der Waals surface area contributed by atoms with Crippen molar-refractivity contribution in [2.45, 2.75) is 151 Å². The van der Waals surface area contributed by atoms with Crippen molar-refractivity contribution in [2.24, 2.45) is 58.7 Å². The zero-order valence-corrected chi connectivity index (χ0v) is 26.4. The lowest BCUT2D eigenvalue weighted by molar-refractivity contribution is -0.00707. The Kier molecular flexibility index (Phi) is 12.4. The van der Waals surface area contributed by atoms with Crippen molar-refractivity contribution in [2.75, 3.05) is 0 Å². The minimum Gasteiger partial charge on any atom is -0.103 e. The minimum atomic E-state index is 0.614. The molecule has 0 bridgehead atoms. The third-order valence-electron chi connectivity index (χ3n) is 11.9. The van der Waals surface area contributed by atoms with Gasteiger partial charge in [0, 0.05) is 0 Å². The molecule has 2 fully saturated rings. The highest BCUT2D eigenvalue weighted by atomic mass is 14.6. The SMILES string of the molecule is C=CCC(C)CC(CC)CC1CCCC2CCC3(C)C(C(C)CCCC(C)C)CCC3C2CC=C(C)C1. The molecule has 0 N–H and O–H groups in total. The lowest BCUT2D eigenvalue weighted by Crippen LogP contribution is -2.42. The molecule has 2 saturated carbocycles. The molecule has 0 heteroatoms. The molecule has 3 aliphatic rings. The second-order valence-electron chi connectivity index (χ2n) is 15.2. The van der Waals surface area contributed by atoms with Crippen LogP contribution in [0.15, 0.2) is 24.3 Å². The molecular weight excluding hydrogens is 444 g/mol. The van der Waals surface area contributed by atoms with Crippen molar-refractivity contribution in [1.29, 1.82) is 0 Å². The van der Waals surface area contributed by atoms with E-state index < -0.39 is 0 Å². The average molecular weight is 511 g/mol. The van der Waals surface area contributed by atoms with Crippen LogP contribution in [0.2, 0.25) is 0 Å². The minimum absolute atomic E-state index is 0.614. The fraction of sp³-hybridized carbons (Fsp3) is 0.892. The lowest BCUT2D eigenvalue weighted by Gasteiger charge is -2.50. The van der Waals surface area contributed by atoms with Crippen LogP contribution < -0.4 is 0 Å². The summed E-state index contributed by atoms with van der Waals surface area (Å²) in [5.74, 6) is 8.30. The molecule has 0 spiro atoms. The van der Waals surface area contributed by atoms with E-state index in [2.05, 4.69) is 67.2 Å². The normalized spacial score (nSPS) is 35.2. The third kappa shape index (κ3) is 8.48. The largest absolute Gasteiger partial charge is 0.103 e. The van der Waals surface area contributed by atoms with Gasteiger partial charge in [0.1, 0.15) is 0 Å². The zero-order chi connectivity index (χ0) is 27.0. The highest BCUT2D eigenvalue weighted by molar-refractivity contribution is 5.08. The van der Waals surface area contributed by atoms with Crippen molar-refractivity contribution < 1.29 is 0 Å². The van der Waals surface area contributed by atoms with Gasteiger partial charge in [-0.15, -0.1) is 6.58 Å². The van der Waals surface area contributed by atoms with Gasteiger partial charge in [-0.3, -0.25) is 0 Å². The van der Waals surface area contributed by atoms with E-state index in [1.54, 1.807) is 5.57 Å². The number of hydrogen-bond donors (Lipinski definition) is 0. The zero-order valence-electron chi connectivity index (χ0n) is 26.4. The van der Waals surface area contributed by atoms with Crippen LogP contribution in [0.1, 0.15) is 151 Å². The molecule has 37 heavy (non-hydrogen) atoms. The Bertz CT molecular complexity index is 699. The van der Waals surface area contributed by atoms with Crippen molar-refractivity contribution in [3.8, 4) is 0 Å². The number of rotatable bonds is 12. The topological polar surface area (TPSA) is 0 Å². The Labute approximate surface area is 233 Å². The Balaban J connectivity index is 1.63. The lowest BCUT2D eigenvalue weighted by atomic mass is 9.55. The van der Waals surface area contributed by atoms with Crippen LogP contribution in [0, 0.1) is 58.7 Å². The first-order chi connectivity index (χ1) is 17.7. The average Bonchev–Trinajstić information content (AvgIpc) is 3.19. The summed E-state index contributed by atoms with van der Waals surface area (Å²) in [6, 6.07) is 0. The molecule has 0 radical (unpaired) electrons. The summed E-state index contributed by atoms with van der Waals surface area (Å²) in [7, 11) is 0. The molecule has 0 aliphatic heterocycles. The van der Waals surface area contributed by atoms with Gasteiger partial charge in [-0.1, -0.05) is 104 Å². The van der Waals surface area contributed by atoms with Crippen LogP contribution in [0.5, 0.6) is 0 Å². The van der Waals surface area contributed by atoms with Gasteiger partial charge in [0.25, 0.3) is 0 Å². The van der Waals surface area contributed by atoms with Gasteiger partial charge in [0.15, 0.2) is 0 Å². The number of hydrogen-bond acceptors (Lipinski definition) is 0. The molecule has 0 nitrogen and oxygen atoms in total. The van der Waals surface area contributed by atoms with Crippen molar-refractivity contribution in [1.82, 2.24) is 0 Å². The van der Waals surface area contributed by atoms with Crippen molar-refractivity contribution in [3.05, 3.63) is 24.3 Å². The summed E-state index contributed by atoms with van der Waals surface area (Å²) < 4.78 is 0. The smallest absolute Gasteiger partial charge is 0.0264 e. The molecule has 0 saturated heterocycles. The van der Waals surface area contributed by atoms with E-state index in [1.807, 2.05) is 0 Å². The van der Waals surface area contributed by atoms with E-state index in [1.165, 1.54) is 103 Å². The first-order valence-electron chi connectivity index (χ1n) is 16.9. The predicted molar refractivity (Wildman–Crippen MR) is 166 cm³/mol. The Morgan fingerprint density at radius 1 is 1.05 bits per heavy atom. The second kappa shape index (κ2) is 14.7. The summed E-state index contributed by atoms with van der Waals surface area (Å²) in [5, 5.41) is 0. The molecule has 0 heterocycles. The molecule has 9 atom stereocenters. The van der Waals surface area contributed by atoms with Crippen LogP contribution in [-0.4, -0.2) is 0 Å². The summed E-state index contributed by atoms with van der Waals surface area (Å²) in [4.78, 5) is 0. The molecular formula is C37H66. The van der Waals surface area contributed by atoms with Crippen LogP contribution in [0.25, 0.3) is 0 Å². The van der Waals surface area contributed by atoms with Crippen molar-refractivity contribution >= 4 is 0 Å². The van der Waals surface area contributed by atoms with Crippen molar-refractivity contribution in [3.63, 3.8) is 0 Å². The van der Waals surface area contributed by atoms with Crippen LogP contribution in [-0.2, 0) is 0 Å². The number of allylic oxidation sites excluding steroid dienone is 3. The molecule has 9 unspecified atom stereocenters. The van der Waals surface area contributed by atoms with Gasteiger partial charge in [-0.2, -0.15) is 0 Å². The van der Waals surface area contributed by atoms with Crippen LogP contribution in [0.4, 0.5) is 0 Å². The fourth-order valence-corrected chi connectivity index (χ4v) is 9.80. The second-order valence-corrected chi connectivity index (χ2v) is 15.2. The Morgan fingerprint density at radius 2 is 1.84 bits per heavy atom. The van der Waals surface area contributed by atoms with E-state index in [0.717, 1.165) is 53.3 Å².